The predicted molar refractivity (Wildman–Crippen MR) is 45.6 cm³/mol. The van der Waals surface area contributed by atoms with Gasteiger partial charge in [0.15, 0.2) is 9.84 Å². The van der Waals surface area contributed by atoms with Crippen molar-refractivity contribution in [3.8, 4) is 0 Å². The number of rotatable bonds is 3. The second-order valence-electron chi connectivity index (χ2n) is 2.40. The van der Waals surface area contributed by atoms with Crippen molar-refractivity contribution in [2.24, 2.45) is 0 Å². The van der Waals surface area contributed by atoms with E-state index in [9.17, 15) is 8.42 Å². The van der Waals surface area contributed by atoms with Crippen LogP contribution in [0, 0.1) is 6.92 Å². The molecular formula is C7H10N2O2S. The van der Waals surface area contributed by atoms with Gasteiger partial charge in [0, 0.05) is 6.20 Å². The van der Waals surface area contributed by atoms with Crippen LogP contribution < -0.4 is 0 Å². The molecule has 0 unspecified atom stereocenters. The number of hydrogen-bond donors (Lipinski definition) is 1. The van der Waals surface area contributed by atoms with Crippen molar-refractivity contribution in [1.82, 2.24) is 10.2 Å². The Balaban J connectivity index is 3.14. The van der Waals surface area contributed by atoms with E-state index in [1.54, 1.807) is 6.92 Å². The fraction of sp³-hybridized carbons (Fsp3) is 0.286. The zero-order valence-electron chi connectivity index (χ0n) is 6.74. The summed E-state index contributed by atoms with van der Waals surface area (Å²) in [4.78, 5) is 0.252. The zero-order valence-corrected chi connectivity index (χ0v) is 7.56. The first-order valence-corrected chi connectivity index (χ1v) is 5.07. The van der Waals surface area contributed by atoms with Gasteiger partial charge in [-0.3, -0.25) is 5.10 Å². The van der Waals surface area contributed by atoms with Crippen molar-refractivity contribution < 1.29 is 8.42 Å². The van der Waals surface area contributed by atoms with Crippen LogP contribution in [-0.2, 0) is 9.84 Å². The third kappa shape index (κ3) is 1.55. The second kappa shape index (κ2) is 3.10. The molecule has 1 heterocycles. The van der Waals surface area contributed by atoms with Crippen molar-refractivity contribution in [3.63, 3.8) is 0 Å². The normalized spacial score (nSPS) is 11.4. The van der Waals surface area contributed by atoms with E-state index in [1.165, 1.54) is 12.3 Å². The molecule has 0 saturated heterocycles. The van der Waals surface area contributed by atoms with Crippen molar-refractivity contribution in [2.75, 3.05) is 5.75 Å². The van der Waals surface area contributed by atoms with E-state index in [4.69, 9.17) is 0 Å². The summed E-state index contributed by atoms with van der Waals surface area (Å²) in [6, 6.07) is 0. The van der Waals surface area contributed by atoms with Gasteiger partial charge in [0.1, 0.15) is 4.90 Å². The zero-order chi connectivity index (χ0) is 9.19. The standard InChI is InChI=1S/C7H10N2O2S/c1-3-4-12(10,11)7-5-8-9-6(7)2/h3,5H,1,4H2,2H3,(H,8,9). The molecule has 1 aromatic rings. The largest absolute Gasteiger partial charge is 0.284 e. The van der Waals surface area contributed by atoms with E-state index in [-0.39, 0.29) is 10.6 Å². The molecule has 0 amide bonds. The maximum Gasteiger partial charge on any atom is 0.185 e. The molecule has 1 N–H and O–H groups in total. The van der Waals surface area contributed by atoms with E-state index < -0.39 is 9.84 Å². The molecule has 5 heteroatoms. The summed E-state index contributed by atoms with van der Waals surface area (Å²) in [5.74, 6) is -0.0482. The molecule has 0 aliphatic heterocycles. The van der Waals surface area contributed by atoms with Crippen LogP contribution in [0.1, 0.15) is 5.69 Å². The number of nitrogens with one attached hydrogen (secondary N) is 1. The van der Waals surface area contributed by atoms with E-state index in [1.807, 2.05) is 0 Å². The molecule has 0 aliphatic carbocycles. The molecular weight excluding hydrogens is 176 g/mol. The van der Waals surface area contributed by atoms with Crippen LogP contribution in [0.5, 0.6) is 0 Å². The minimum absolute atomic E-state index is 0.0482. The van der Waals surface area contributed by atoms with Crippen LogP contribution in [0.15, 0.2) is 23.7 Å². The molecule has 0 saturated carbocycles. The molecule has 0 fully saturated rings. The predicted octanol–water partition coefficient (Wildman–Crippen LogP) is 0.678. The summed E-state index contributed by atoms with van der Waals surface area (Å²) >= 11 is 0. The number of H-pyrrole nitrogens is 1. The van der Waals surface area contributed by atoms with Crippen LogP contribution in [0.3, 0.4) is 0 Å². The van der Waals surface area contributed by atoms with Gasteiger partial charge < -0.3 is 0 Å². The van der Waals surface area contributed by atoms with E-state index >= 15 is 0 Å². The quantitative estimate of drug-likeness (QED) is 0.706. The molecule has 1 rings (SSSR count). The average molecular weight is 186 g/mol. The molecule has 0 aromatic carbocycles. The summed E-state index contributed by atoms with van der Waals surface area (Å²) < 4.78 is 22.8. The highest BCUT2D eigenvalue weighted by Crippen LogP contribution is 2.12. The number of aryl methyl sites for hydroxylation is 1. The third-order valence-corrected chi connectivity index (χ3v) is 3.21. The van der Waals surface area contributed by atoms with Gasteiger partial charge in [-0.05, 0) is 6.92 Å². The maximum absolute atomic E-state index is 11.4. The number of hydrogen-bond acceptors (Lipinski definition) is 3. The Morgan fingerprint density at radius 1 is 1.75 bits per heavy atom. The van der Waals surface area contributed by atoms with Crippen molar-refractivity contribution >= 4 is 9.84 Å². The highest BCUT2D eigenvalue weighted by molar-refractivity contribution is 7.91. The number of aromatic amines is 1. The smallest absolute Gasteiger partial charge is 0.185 e. The van der Waals surface area contributed by atoms with E-state index in [2.05, 4.69) is 16.8 Å². The van der Waals surface area contributed by atoms with Gasteiger partial charge in [0.05, 0.1) is 11.4 Å². The van der Waals surface area contributed by atoms with Crippen molar-refractivity contribution in [1.29, 1.82) is 0 Å². The lowest BCUT2D eigenvalue weighted by Gasteiger charge is -1.96. The van der Waals surface area contributed by atoms with Gasteiger partial charge in [-0.15, -0.1) is 6.58 Å². The SMILES string of the molecule is C=CCS(=O)(=O)c1c[nH]nc1C. The summed E-state index contributed by atoms with van der Waals surface area (Å²) in [6.07, 6.45) is 2.75. The Bertz CT molecular complexity index is 378. The average Bonchev–Trinajstić information content (AvgIpc) is 2.35. The lowest BCUT2D eigenvalue weighted by Crippen LogP contribution is -2.04. The molecule has 4 nitrogen and oxygen atoms in total. The molecule has 0 aliphatic rings. The molecule has 0 spiro atoms. The van der Waals surface area contributed by atoms with Gasteiger partial charge in [-0.2, -0.15) is 5.10 Å². The van der Waals surface area contributed by atoms with Crippen LogP contribution in [0.4, 0.5) is 0 Å². The number of nitrogens with zero attached hydrogens (tertiary/aromatic N) is 1. The minimum Gasteiger partial charge on any atom is -0.284 e. The van der Waals surface area contributed by atoms with Gasteiger partial charge in [0.25, 0.3) is 0 Å². The maximum atomic E-state index is 11.4. The van der Waals surface area contributed by atoms with Crippen LogP contribution in [0.25, 0.3) is 0 Å². The van der Waals surface area contributed by atoms with Crippen LogP contribution >= 0.6 is 0 Å². The van der Waals surface area contributed by atoms with Gasteiger partial charge in [0.2, 0.25) is 0 Å². The Hall–Kier alpha value is -1.10. The van der Waals surface area contributed by atoms with Crippen LogP contribution in [-0.4, -0.2) is 24.4 Å². The Morgan fingerprint density at radius 2 is 2.42 bits per heavy atom. The molecule has 0 bridgehead atoms. The monoisotopic (exact) mass is 186 g/mol. The lowest BCUT2D eigenvalue weighted by molar-refractivity contribution is 0.598. The number of sulfone groups is 1. The Labute approximate surface area is 71.2 Å². The van der Waals surface area contributed by atoms with Crippen LogP contribution in [0.2, 0.25) is 0 Å². The first kappa shape index (κ1) is 8.99. The highest BCUT2D eigenvalue weighted by Gasteiger charge is 2.16. The summed E-state index contributed by atoms with van der Waals surface area (Å²) in [5.41, 5.74) is 0.497. The Kier molecular flexibility index (Phi) is 2.32. The first-order chi connectivity index (χ1) is 5.58. The summed E-state index contributed by atoms with van der Waals surface area (Å²) in [6.45, 7) is 5.02. The molecule has 66 valence electrons. The lowest BCUT2D eigenvalue weighted by atomic mass is 10.5. The fourth-order valence-electron chi connectivity index (χ4n) is 0.907. The summed E-state index contributed by atoms with van der Waals surface area (Å²) in [7, 11) is -3.21. The van der Waals surface area contributed by atoms with E-state index in [0.29, 0.717) is 5.69 Å². The van der Waals surface area contributed by atoms with E-state index in [0.717, 1.165) is 0 Å². The van der Waals surface area contributed by atoms with Crippen molar-refractivity contribution in [3.05, 3.63) is 24.5 Å². The van der Waals surface area contributed by atoms with Crippen molar-refractivity contribution in [2.45, 2.75) is 11.8 Å². The van der Waals surface area contributed by atoms with Gasteiger partial charge >= 0.3 is 0 Å². The molecule has 12 heavy (non-hydrogen) atoms. The third-order valence-electron chi connectivity index (χ3n) is 1.46. The fourth-order valence-corrected chi connectivity index (χ4v) is 2.12. The summed E-state index contributed by atoms with van der Waals surface area (Å²) in [5, 5.41) is 6.23. The highest BCUT2D eigenvalue weighted by atomic mass is 32.2. The Morgan fingerprint density at radius 3 is 2.83 bits per heavy atom. The second-order valence-corrected chi connectivity index (χ2v) is 4.41. The minimum atomic E-state index is -3.21. The molecule has 0 radical (unpaired) electrons. The van der Waals surface area contributed by atoms with Gasteiger partial charge in [-0.25, -0.2) is 8.42 Å². The first-order valence-electron chi connectivity index (χ1n) is 3.42. The van der Waals surface area contributed by atoms with Gasteiger partial charge in [-0.1, -0.05) is 6.08 Å². The molecule has 1 aromatic heterocycles. The molecule has 0 atom stereocenters. The topological polar surface area (TPSA) is 62.8 Å². The number of aromatic nitrogens is 2.